The Kier molecular flexibility index (Phi) is 6.01. The van der Waals surface area contributed by atoms with Gasteiger partial charge in [0.2, 0.25) is 0 Å². The van der Waals surface area contributed by atoms with E-state index in [1.165, 1.54) is 29.7 Å². The summed E-state index contributed by atoms with van der Waals surface area (Å²) in [7, 11) is 0. The Morgan fingerprint density at radius 1 is 1.31 bits per heavy atom. The summed E-state index contributed by atoms with van der Waals surface area (Å²) >= 11 is 3.52. The third kappa shape index (κ3) is 3.73. The number of fused-ring (bicyclic) bond motifs is 3. The minimum Gasteiger partial charge on any atom is -0.381 e. The molecule has 1 aliphatic heterocycles. The molecular weight excluding hydrogens is 364 g/mol. The van der Waals surface area contributed by atoms with Crippen LogP contribution >= 0.6 is 23.1 Å². The molecule has 1 fully saturated rings. The lowest BCUT2D eigenvalue weighted by atomic mass is 9.97. The molecule has 0 radical (unpaired) electrons. The Labute approximate surface area is 163 Å². The van der Waals surface area contributed by atoms with E-state index in [1.807, 2.05) is 4.57 Å². The van der Waals surface area contributed by atoms with Crippen molar-refractivity contribution in [3.8, 4) is 0 Å². The first-order valence-corrected chi connectivity index (χ1v) is 11.8. The molecule has 1 atom stereocenters. The summed E-state index contributed by atoms with van der Waals surface area (Å²) < 4.78 is 7.48. The molecule has 2 aromatic rings. The third-order valence-electron chi connectivity index (χ3n) is 5.50. The average Bonchev–Trinajstić information content (AvgIpc) is 3.29. The van der Waals surface area contributed by atoms with Gasteiger partial charge in [-0.2, -0.15) is 0 Å². The topological polar surface area (TPSA) is 44.1 Å². The second-order valence-electron chi connectivity index (χ2n) is 7.49. The Hall–Kier alpha value is -0.850. The minimum absolute atomic E-state index is 0.204. The van der Waals surface area contributed by atoms with Gasteiger partial charge in [0, 0.05) is 23.8 Å². The lowest BCUT2D eigenvalue weighted by Crippen LogP contribution is -2.24. The highest BCUT2D eigenvalue weighted by Gasteiger charge is 2.23. The highest BCUT2D eigenvalue weighted by atomic mass is 32.2. The van der Waals surface area contributed by atoms with E-state index in [1.54, 1.807) is 23.1 Å². The smallest absolute Gasteiger partial charge is 0.263 e. The molecule has 4 rings (SSSR count). The van der Waals surface area contributed by atoms with E-state index in [4.69, 9.17) is 9.72 Å². The van der Waals surface area contributed by atoms with Gasteiger partial charge in [-0.25, -0.2) is 4.98 Å². The average molecular weight is 393 g/mol. The van der Waals surface area contributed by atoms with Gasteiger partial charge in [0.25, 0.3) is 5.56 Å². The van der Waals surface area contributed by atoms with Gasteiger partial charge in [-0.05, 0) is 50.0 Å². The number of unbranched alkanes of at least 4 members (excludes halogenated alkanes) is 2. The molecule has 142 valence electrons. The first kappa shape index (κ1) is 18.5. The summed E-state index contributed by atoms with van der Waals surface area (Å²) in [5, 5.41) is 1.85. The SMILES string of the molecule is CCCCCn1c(SCC2CCOC2)nc2sc3c(c2c1=O)CCCC3. The van der Waals surface area contributed by atoms with Gasteiger partial charge >= 0.3 is 0 Å². The fourth-order valence-electron chi connectivity index (χ4n) is 3.95. The molecule has 1 aliphatic carbocycles. The summed E-state index contributed by atoms with van der Waals surface area (Å²) in [5.41, 5.74) is 1.51. The van der Waals surface area contributed by atoms with Gasteiger partial charge < -0.3 is 4.74 Å². The summed E-state index contributed by atoms with van der Waals surface area (Å²) in [6, 6.07) is 0. The van der Waals surface area contributed by atoms with Crippen LogP contribution in [0.1, 0.15) is 55.9 Å². The third-order valence-corrected chi connectivity index (χ3v) is 7.89. The number of hydrogen-bond acceptors (Lipinski definition) is 5. The normalized spacial score (nSPS) is 20.0. The lowest BCUT2D eigenvalue weighted by Gasteiger charge is -2.14. The van der Waals surface area contributed by atoms with Crippen LogP contribution in [0.3, 0.4) is 0 Å². The van der Waals surface area contributed by atoms with Crippen LogP contribution in [0.5, 0.6) is 0 Å². The predicted molar refractivity (Wildman–Crippen MR) is 110 cm³/mol. The van der Waals surface area contributed by atoms with Crippen LogP contribution in [-0.4, -0.2) is 28.5 Å². The number of hydrogen-bond donors (Lipinski definition) is 0. The van der Waals surface area contributed by atoms with Crippen molar-refractivity contribution in [1.29, 1.82) is 0 Å². The van der Waals surface area contributed by atoms with Gasteiger partial charge in [0.1, 0.15) is 4.83 Å². The van der Waals surface area contributed by atoms with Crippen molar-refractivity contribution in [2.75, 3.05) is 19.0 Å². The zero-order chi connectivity index (χ0) is 17.9. The molecule has 3 heterocycles. The van der Waals surface area contributed by atoms with E-state index < -0.39 is 0 Å². The van der Waals surface area contributed by atoms with Crippen LogP contribution in [0.15, 0.2) is 9.95 Å². The summed E-state index contributed by atoms with van der Waals surface area (Å²) in [6.07, 6.45) is 9.12. The quantitative estimate of drug-likeness (QED) is 0.391. The lowest BCUT2D eigenvalue weighted by molar-refractivity contribution is 0.189. The Balaban J connectivity index is 1.69. The van der Waals surface area contributed by atoms with Crippen LogP contribution in [0.2, 0.25) is 0 Å². The zero-order valence-corrected chi connectivity index (χ0v) is 17.2. The number of nitrogens with zero attached hydrogens (tertiary/aromatic N) is 2. The molecule has 4 nitrogen and oxygen atoms in total. The molecule has 1 unspecified atom stereocenters. The summed E-state index contributed by atoms with van der Waals surface area (Å²) in [6.45, 7) is 4.72. The van der Waals surface area contributed by atoms with Crippen molar-refractivity contribution in [1.82, 2.24) is 9.55 Å². The maximum atomic E-state index is 13.4. The highest BCUT2D eigenvalue weighted by molar-refractivity contribution is 7.99. The second kappa shape index (κ2) is 8.44. The fraction of sp³-hybridized carbons (Fsp3) is 0.700. The van der Waals surface area contributed by atoms with Crippen molar-refractivity contribution < 1.29 is 4.74 Å². The number of thiophene rings is 1. The standard InChI is InChI=1S/C20H28N2O2S2/c1-2-3-6-10-22-19(23)17-15-7-4-5-8-16(15)26-18(17)21-20(22)25-13-14-9-11-24-12-14/h14H,2-13H2,1H3. The van der Waals surface area contributed by atoms with Crippen LogP contribution in [0.4, 0.5) is 0 Å². The first-order chi connectivity index (χ1) is 12.8. The molecule has 0 N–H and O–H groups in total. The Bertz CT molecular complexity index is 821. The van der Waals surface area contributed by atoms with Gasteiger partial charge in [0.05, 0.1) is 12.0 Å². The number of rotatable bonds is 7. The maximum Gasteiger partial charge on any atom is 0.263 e. The van der Waals surface area contributed by atoms with Gasteiger partial charge in [-0.15, -0.1) is 11.3 Å². The Morgan fingerprint density at radius 2 is 2.19 bits per heavy atom. The van der Waals surface area contributed by atoms with Gasteiger partial charge in [0.15, 0.2) is 5.16 Å². The van der Waals surface area contributed by atoms with Gasteiger partial charge in [-0.3, -0.25) is 9.36 Å². The van der Waals surface area contributed by atoms with E-state index in [9.17, 15) is 4.79 Å². The molecule has 0 amide bonds. The summed E-state index contributed by atoms with van der Waals surface area (Å²) in [5.74, 6) is 1.59. The first-order valence-electron chi connectivity index (χ1n) is 10.0. The van der Waals surface area contributed by atoms with E-state index in [-0.39, 0.29) is 5.56 Å². The molecule has 0 saturated carbocycles. The highest BCUT2D eigenvalue weighted by Crippen LogP contribution is 2.35. The van der Waals surface area contributed by atoms with Gasteiger partial charge in [-0.1, -0.05) is 31.5 Å². The van der Waals surface area contributed by atoms with E-state index in [0.29, 0.717) is 5.92 Å². The molecule has 0 bridgehead atoms. The number of thioether (sulfide) groups is 1. The molecule has 1 saturated heterocycles. The van der Waals surface area contributed by atoms with Crippen molar-refractivity contribution in [3.05, 3.63) is 20.8 Å². The van der Waals surface area contributed by atoms with Crippen molar-refractivity contribution >= 4 is 33.3 Å². The monoisotopic (exact) mass is 392 g/mol. The number of aromatic nitrogens is 2. The van der Waals surface area contributed by atoms with Crippen molar-refractivity contribution in [3.63, 3.8) is 0 Å². The van der Waals surface area contributed by atoms with Crippen molar-refractivity contribution in [2.24, 2.45) is 5.92 Å². The largest absolute Gasteiger partial charge is 0.381 e. The molecular formula is C20H28N2O2S2. The molecule has 2 aliphatic rings. The van der Waals surface area contributed by atoms with Crippen LogP contribution in [0.25, 0.3) is 10.2 Å². The fourth-order valence-corrected chi connectivity index (χ4v) is 6.40. The van der Waals surface area contributed by atoms with Crippen molar-refractivity contribution in [2.45, 2.75) is 70.0 Å². The Morgan fingerprint density at radius 3 is 3.00 bits per heavy atom. The molecule has 26 heavy (non-hydrogen) atoms. The van der Waals surface area contributed by atoms with E-state index in [2.05, 4.69) is 6.92 Å². The minimum atomic E-state index is 0.204. The molecule has 2 aromatic heterocycles. The molecule has 6 heteroatoms. The van der Waals surface area contributed by atoms with E-state index >= 15 is 0 Å². The molecule has 0 spiro atoms. The molecule has 0 aromatic carbocycles. The number of ether oxygens (including phenoxy) is 1. The summed E-state index contributed by atoms with van der Waals surface area (Å²) in [4.78, 5) is 20.7. The second-order valence-corrected chi connectivity index (χ2v) is 9.56. The maximum absolute atomic E-state index is 13.4. The predicted octanol–water partition coefficient (Wildman–Crippen LogP) is 4.66. The van der Waals surface area contributed by atoms with E-state index in [0.717, 1.165) is 73.0 Å². The van der Waals surface area contributed by atoms with Crippen LogP contribution in [-0.2, 0) is 24.1 Å². The number of aryl methyl sites for hydroxylation is 2. The van der Waals surface area contributed by atoms with Crippen LogP contribution < -0.4 is 5.56 Å². The zero-order valence-electron chi connectivity index (χ0n) is 15.6. The van der Waals surface area contributed by atoms with Crippen LogP contribution in [0, 0.1) is 5.92 Å².